The molecule has 5 heteroatoms. The zero-order chi connectivity index (χ0) is 8.54. The topological polar surface area (TPSA) is 25.1 Å². The molecule has 0 radical (unpaired) electrons. The van der Waals surface area contributed by atoms with Crippen LogP contribution < -0.4 is 0 Å². The van der Waals surface area contributed by atoms with Crippen molar-refractivity contribution in [2.45, 2.75) is 38.1 Å². The fraction of sp³-hybridized carbons (Fsp3) is 1.00. The Labute approximate surface area is 62.2 Å². The van der Waals surface area contributed by atoms with Gasteiger partial charge in [0.25, 0.3) is 0 Å². The average molecular weight is 170 g/mol. The van der Waals surface area contributed by atoms with E-state index in [1.165, 1.54) is 0 Å². The van der Waals surface area contributed by atoms with Gasteiger partial charge in [0, 0.05) is 6.42 Å². The molecule has 1 saturated heterocycles. The summed E-state index contributed by atoms with van der Waals surface area (Å²) in [6.45, 7) is 1.81. The normalized spacial score (nSPS) is 21.8. The molecule has 0 aromatic carbocycles. The van der Waals surface area contributed by atoms with Crippen molar-refractivity contribution in [1.82, 2.24) is 0 Å². The first-order valence-corrected chi connectivity index (χ1v) is 3.45. The van der Waals surface area contributed by atoms with E-state index in [-0.39, 0.29) is 6.42 Å². The van der Waals surface area contributed by atoms with Gasteiger partial charge < -0.3 is 0 Å². The quantitative estimate of drug-likeness (QED) is 0.480. The molecule has 0 saturated carbocycles. The summed E-state index contributed by atoms with van der Waals surface area (Å²) in [7, 11) is 0. The van der Waals surface area contributed by atoms with Gasteiger partial charge >= 0.3 is 12.0 Å². The van der Waals surface area contributed by atoms with Gasteiger partial charge in [-0.15, -0.1) is 0 Å². The molecule has 0 atom stereocenters. The number of halogens is 3. The summed E-state index contributed by atoms with van der Waals surface area (Å²) in [6.07, 6.45) is -3.33. The van der Waals surface area contributed by atoms with E-state index >= 15 is 0 Å². The largest absolute Gasteiger partial charge is 0.449 e. The minimum Gasteiger partial charge on any atom is -0.184 e. The van der Waals surface area contributed by atoms with E-state index in [4.69, 9.17) is 0 Å². The van der Waals surface area contributed by atoms with Crippen molar-refractivity contribution in [3.05, 3.63) is 0 Å². The molecule has 11 heavy (non-hydrogen) atoms. The van der Waals surface area contributed by atoms with Crippen LogP contribution in [0.2, 0.25) is 0 Å². The third-order valence-corrected chi connectivity index (χ3v) is 1.58. The summed E-state index contributed by atoms with van der Waals surface area (Å²) < 4.78 is 35.9. The molecule has 0 aromatic rings. The Kier molecular flexibility index (Phi) is 2.11. The first-order chi connectivity index (χ1) is 5.02. The Morgan fingerprint density at radius 1 is 1.27 bits per heavy atom. The van der Waals surface area contributed by atoms with Gasteiger partial charge in [0.2, 0.25) is 0 Å². The molecule has 0 amide bonds. The summed E-state index contributed by atoms with van der Waals surface area (Å²) in [6, 6.07) is 0. The highest BCUT2D eigenvalue weighted by Crippen LogP contribution is 2.48. The molecular weight excluding hydrogens is 161 g/mol. The van der Waals surface area contributed by atoms with Crippen LogP contribution in [0.5, 0.6) is 0 Å². The molecule has 0 N–H and O–H groups in total. The molecule has 66 valence electrons. The van der Waals surface area contributed by atoms with Crippen LogP contribution in [0.3, 0.4) is 0 Å². The lowest BCUT2D eigenvalue weighted by Gasteiger charge is -2.09. The standard InChI is InChI=1S/C6H9F3O2/c1-2-3-4-5(10-11-5)6(7,8)9/h2-4H2,1H3. The molecule has 0 spiro atoms. The van der Waals surface area contributed by atoms with Crippen LogP contribution in [0.1, 0.15) is 26.2 Å². The maximum atomic E-state index is 12.0. The van der Waals surface area contributed by atoms with Crippen molar-refractivity contribution >= 4 is 0 Å². The van der Waals surface area contributed by atoms with Gasteiger partial charge in [0.05, 0.1) is 0 Å². The molecule has 0 bridgehead atoms. The minimum atomic E-state index is -4.39. The second-order valence-electron chi connectivity index (χ2n) is 2.52. The maximum Gasteiger partial charge on any atom is 0.449 e. The first-order valence-electron chi connectivity index (χ1n) is 3.45. The molecule has 1 rings (SSSR count). The van der Waals surface area contributed by atoms with Gasteiger partial charge in [-0.2, -0.15) is 22.9 Å². The van der Waals surface area contributed by atoms with Crippen LogP contribution in [0, 0.1) is 0 Å². The van der Waals surface area contributed by atoms with Crippen molar-refractivity contribution < 1.29 is 22.9 Å². The van der Waals surface area contributed by atoms with Crippen LogP contribution in [0.4, 0.5) is 13.2 Å². The van der Waals surface area contributed by atoms with Crippen LogP contribution in [-0.2, 0) is 9.78 Å². The Hall–Kier alpha value is -0.290. The third kappa shape index (κ3) is 1.65. The number of unbranched alkanes of at least 4 members (excludes halogenated alkanes) is 1. The number of hydrogen-bond acceptors (Lipinski definition) is 2. The van der Waals surface area contributed by atoms with Gasteiger partial charge in [-0.05, 0) is 6.42 Å². The van der Waals surface area contributed by atoms with Crippen LogP contribution >= 0.6 is 0 Å². The van der Waals surface area contributed by atoms with E-state index in [0.717, 1.165) is 0 Å². The lowest BCUT2D eigenvalue weighted by Crippen LogP contribution is -2.32. The molecule has 0 aliphatic carbocycles. The number of rotatable bonds is 3. The monoisotopic (exact) mass is 170 g/mol. The van der Waals surface area contributed by atoms with E-state index in [2.05, 4.69) is 9.78 Å². The average Bonchev–Trinajstić information content (AvgIpc) is 2.61. The van der Waals surface area contributed by atoms with Crippen LogP contribution in [0.15, 0.2) is 0 Å². The maximum absolute atomic E-state index is 12.0. The Morgan fingerprint density at radius 3 is 2.09 bits per heavy atom. The molecule has 0 aromatic heterocycles. The van der Waals surface area contributed by atoms with Crippen molar-refractivity contribution in [3.63, 3.8) is 0 Å². The Bertz CT molecular complexity index is 139. The zero-order valence-corrected chi connectivity index (χ0v) is 6.07. The fourth-order valence-corrected chi connectivity index (χ4v) is 0.779. The smallest absolute Gasteiger partial charge is 0.184 e. The molecule has 1 aliphatic heterocycles. The fourth-order valence-electron chi connectivity index (χ4n) is 0.779. The van der Waals surface area contributed by atoms with Gasteiger partial charge in [-0.25, -0.2) is 0 Å². The lowest BCUT2D eigenvalue weighted by atomic mass is 10.1. The number of alkyl halides is 3. The zero-order valence-electron chi connectivity index (χ0n) is 6.07. The summed E-state index contributed by atoms with van der Waals surface area (Å²) in [5.74, 6) is -2.26. The van der Waals surface area contributed by atoms with Crippen molar-refractivity contribution in [2.24, 2.45) is 0 Å². The van der Waals surface area contributed by atoms with Gasteiger partial charge in [0.15, 0.2) is 0 Å². The molecule has 1 heterocycles. The van der Waals surface area contributed by atoms with E-state index in [1.54, 1.807) is 0 Å². The van der Waals surface area contributed by atoms with E-state index in [1.807, 2.05) is 6.92 Å². The Morgan fingerprint density at radius 2 is 1.82 bits per heavy atom. The minimum absolute atomic E-state index is 0.104. The molecular formula is C6H9F3O2. The summed E-state index contributed by atoms with van der Waals surface area (Å²) in [5, 5.41) is 0. The van der Waals surface area contributed by atoms with Crippen LogP contribution in [0.25, 0.3) is 0 Å². The predicted molar refractivity (Wildman–Crippen MR) is 30.5 cm³/mol. The first kappa shape index (κ1) is 8.80. The van der Waals surface area contributed by atoms with Crippen LogP contribution in [-0.4, -0.2) is 12.0 Å². The highest BCUT2D eigenvalue weighted by atomic mass is 19.4. The van der Waals surface area contributed by atoms with Gasteiger partial charge in [0.1, 0.15) is 0 Å². The van der Waals surface area contributed by atoms with Crippen molar-refractivity contribution in [2.75, 3.05) is 0 Å². The predicted octanol–water partition coefficient (Wildman–Crippen LogP) is 2.40. The van der Waals surface area contributed by atoms with E-state index in [9.17, 15) is 13.2 Å². The van der Waals surface area contributed by atoms with E-state index < -0.39 is 12.0 Å². The number of hydrogen-bond donors (Lipinski definition) is 0. The summed E-state index contributed by atoms with van der Waals surface area (Å²) >= 11 is 0. The lowest BCUT2D eigenvalue weighted by molar-refractivity contribution is -0.193. The highest BCUT2D eigenvalue weighted by Gasteiger charge is 2.69. The van der Waals surface area contributed by atoms with Crippen molar-refractivity contribution in [1.29, 1.82) is 0 Å². The molecule has 0 unspecified atom stereocenters. The van der Waals surface area contributed by atoms with E-state index in [0.29, 0.717) is 12.8 Å². The molecule has 1 fully saturated rings. The summed E-state index contributed by atoms with van der Waals surface area (Å²) in [4.78, 5) is 7.88. The highest BCUT2D eigenvalue weighted by molar-refractivity contribution is 4.82. The SMILES string of the molecule is CCCCC1(C(F)(F)F)OO1. The second kappa shape index (κ2) is 2.64. The second-order valence-corrected chi connectivity index (χ2v) is 2.52. The molecule has 1 aliphatic rings. The van der Waals surface area contributed by atoms with Gasteiger partial charge in [-0.3, -0.25) is 0 Å². The third-order valence-electron chi connectivity index (χ3n) is 1.58. The summed E-state index contributed by atoms with van der Waals surface area (Å²) in [5.41, 5.74) is 0. The van der Waals surface area contributed by atoms with Gasteiger partial charge in [-0.1, -0.05) is 13.3 Å². The molecule has 2 nitrogen and oxygen atoms in total. The Balaban J connectivity index is 2.41. The van der Waals surface area contributed by atoms with Crippen molar-refractivity contribution in [3.8, 4) is 0 Å².